The molecule has 1 heterocycles. The highest BCUT2D eigenvalue weighted by Gasteiger charge is 2.37. The number of benzene rings is 3. The molecule has 39 heavy (non-hydrogen) atoms. The average Bonchev–Trinajstić information content (AvgIpc) is 2.90. The molecule has 202 valence electrons. The van der Waals surface area contributed by atoms with Crippen LogP contribution < -0.4 is 24.4 Å². The van der Waals surface area contributed by atoms with Crippen LogP contribution in [0.4, 0.5) is 10.5 Å². The maximum atomic E-state index is 13.3. The minimum atomic E-state index is -0.811. The van der Waals surface area contributed by atoms with E-state index >= 15 is 0 Å². The Bertz CT molecular complexity index is 1420. The molecule has 4 rings (SSSR count). The molecule has 9 heteroatoms. The monoisotopic (exact) mass is 640 g/mol. The second-order valence-corrected chi connectivity index (χ2v) is 10.0. The molecule has 3 aromatic rings. The number of nitrogens with one attached hydrogen (secondary N) is 1. The zero-order chi connectivity index (χ0) is 27.9. The summed E-state index contributed by atoms with van der Waals surface area (Å²) in [7, 11) is 0. The van der Waals surface area contributed by atoms with E-state index in [9.17, 15) is 14.4 Å². The fraction of sp³-hybridized carbons (Fsp3) is 0.233. The zero-order valence-corrected chi connectivity index (χ0v) is 24.1. The fourth-order valence-electron chi connectivity index (χ4n) is 4.00. The molecule has 0 aromatic heterocycles. The quantitative estimate of drug-likeness (QED) is 0.165. The van der Waals surface area contributed by atoms with Gasteiger partial charge in [0.25, 0.3) is 11.8 Å². The standard InChI is InChI=1S/C30H29IN2O6/c1-4-13-38-23-11-9-22(10-12-23)33-29(35)24(28(34)32-30(33)36)15-21-16-25(31)27(26(17-21)37-5-2)39-18-20-8-6-7-19(3)14-20/h6-12,14-17H,4-5,13,18H2,1-3H3,(H,32,34,36)/b24-15-. The first-order valence-electron chi connectivity index (χ1n) is 12.6. The molecular formula is C30H29IN2O6. The number of carbonyl (C=O) groups is 3. The average molecular weight is 640 g/mol. The van der Waals surface area contributed by atoms with E-state index in [1.165, 1.54) is 6.08 Å². The third-order valence-corrected chi connectivity index (χ3v) is 6.58. The summed E-state index contributed by atoms with van der Waals surface area (Å²) in [4.78, 5) is 39.6. The van der Waals surface area contributed by atoms with Crippen LogP contribution >= 0.6 is 22.6 Å². The predicted molar refractivity (Wildman–Crippen MR) is 157 cm³/mol. The van der Waals surface area contributed by atoms with Crippen molar-refractivity contribution in [1.82, 2.24) is 5.32 Å². The number of rotatable bonds is 10. The van der Waals surface area contributed by atoms with Crippen LogP contribution in [0.5, 0.6) is 17.2 Å². The number of nitrogens with zero attached hydrogens (tertiary/aromatic N) is 1. The zero-order valence-electron chi connectivity index (χ0n) is 22.0. The first-order chi connectivity index (χ1) is 18.8. The van der Waals surface area contributed by atoms with E-state index in [-0.39, 0.29) is 5.57 Å². The number of hydrogen-bond donors (Lipinski definition) is 1. The van der Waals surface area contributed by atoms with E-state index in [0.717, 1.165) is 26.0 Å². The molecule has 8 nitrogen and oxygen atoms in total. The van der Waals surface area contributed by atoms with E-state index in [0.29, 0.717) is 48.3 Å². The number of anilines is 1. The Hall–Kier alpha value is -3.86. The molecule has 4 amide bonds. The van der Waals surface area contributed by atoms with Gasteiger partial charge >= 0.3 is 6.03 Å². The lowest BCUT2D eigenvalue weighted by atomic mass is 10.1. The van der Waals surface area contributed by atoms with Crippen molar-refractivity contribution in [3.8, 4) is 17.2 Å². The van der Waals surface area contributed by atoms with Crippen LogP contribution in [0.2, 0.25) is 0 Å². The van der Waals surface area contributed by atoms with Crippen LogP contribution in [0.3, 0.4) is 0 Å². The van der Waals surface area contributed by atoms with Gasteiger partial charge in [-0.2, -0.15) is 0 Å². The van der Waals surface area contributed by atoms with Gasteiger partial charge in [-0.05, 0) is 96.5 Å². The smallest absolute Gasteiger partial charge is 0.335 e. The lowest BCUT2D eigenvalue weighted by Crippen LogP contribution is -2.54. The highest BCUT2D eigenvalue weighted by atomic mass is 127. The van der Waals surface area contributed by atoms with Gasteiger partial charge in [-0.25, -0.2) is 9.69 Å². The molecule has 1 fully saturated rings. The largest absolute Gasteiger partial charge is 0.494 e. The number of barbiturate groups is 1. The fourth-order valence-corrected chi connectivity index (χ4v) is 4.78. The van der Waals surface area contributed by atoms with Crippen molar-refractivity contribution in [3.05, 3.63) is 86.5 Å². The van der Waals surface area contributed by atoms with Crippen LogP contribution in [0, 0.1) is 10.5 Å². The Balaban J connectivity index is 1.61. The van der Waals surface area contributed by atoms with Gasteiger partial charge in [0.15, 0.2) is 11.5 Å². The van der Waals surface area contributed by atoms with Crippen molar-refractivity contribution in [2.24, 2.45) is 0 Å². The molecule has 0 saturated carbocycles. The number of hydrogen-bond acceptors (Lipinski definition) is 6. The number of halogens is 1. The normalized spacial score (nSPS) is 14.4. The van der Waals surface area contributed by atoms with Crippen molar-refractivity contribution in [3.63, 3.8) is 0 Å². The molecule has 0 spiro atoms. The Labute approximate surface area is 241 Å². The Morgan fingerprint density at radius 3 is 2.41 bits per heavy atom. The van der Waals surface area contributed by atoms with E-state index in [1.807, 2.05) is 39.0 Å². The van der Waals surface area contributed by atoms with Gasteiger partial charge in [-0.15, -0.1) is 0 Å². The third kappa shape index (κ3) is 6.78. The highest BCUT2D eigenvalue weighted by Crippen LogP contribution is 2.36. The summed E-state index contributed by atoms with van der Waals surface area (Å²) >= 11 is 2.14. The topological polar surface area (TPSA) is 94.2 Å². The van der Waals surface area contributed by atoms with Crippen LogP contribution in [-0.4, -0.2) is 31.1 Å². The number of urea groups is 1. The SMILES string of the molecule is CCCOc1ccc(N2C(=O)NC(=O)/C(=C/c3cc(I)c(OCc4cccc(C)c4)c(OCC)c3)C2=O)cc1. The van der Waals surface area contributed by atoms with Crippen molar-refractivity contribution < 1.29 is 28.6 Å². The maximum Gasteiger partial charge on any atom is 0.335 e. The minimum absolute atomic E-state index is 0.174. The summed E-state index contributed by atoms with van der Waals surface area (Å²) in [5.41, 5.74) is 2.87. The summed E-state index contributed by atoms with van der Waals surface area (Å²) in [6, 6.07) is 17.3. The van der Waals surface area contributed by atoms with Gasteiger partial charge in [0, 0.05) is 0 Å². The molecule has 0 radical (unpaired) electrons. The van der Waals surface area contributed by atoms with Crippen LogP contribution in [0.1, 0.15) is 37.0 Å². The van der Waals surface area contributed by atoms with E-state index < -0.39 is 17.8 Å². The minimum Gasteiger partial charge on any atom is -0.494 e. The van der Waals surface area contributed by atoms with E-state index in [2.05, 4.69) is 34.0 Å². The Kier molecular flexibility index (Phi) is 9.23. The first kappa shape index (κ1) is 28.2. The van der Waals surface area contributed by atoms with E-state index in [4.69, 9.17) is 14.2 Å². The summed E-state index contributed by atoms with van der Waals surface area (Å²) in [6.07, 6.45) is 2.31. The Morgan fingerprint density at radius 2 is 1.72 bits per heavy atom. The van der Waals surface area contributed by atoms with Crippen LogP contribution in [-0.2, 0) is 16.2 Å². The molecule has 0 bridgehead atoms. The summed E-state index contributed by atoms with van der Waals surface area (Å²) < 4.78 is 18.3. The molecule has 0 aliphatic carbocycles. The van der Waals surface area contributed by atoms with Crippen molar-refractivity contribution >= 4 is 52.2 Å². The predicted octanol–water partition coefficient (Wildman–Crippen LogP) is 6.03. The summed E-state index contributed by atoms with van der Waals surface area (Å²) in [6.45, 7) is 7.20. The molecule has 0 atom stereocenters. The molecule has 3 aromatic carbocycles. The Morgan fingerprint density at radius 1 is 0.949 bits per heavy atom. The number of aryl methyl sites for hydroxylation is 1. The van der Waals surface area contributed by atoms with Gasteiger partial charge < -0.3 is 14.2 Å². The molecular weight excluding hydrogens is 611 g/mol. The molecule has 1 N–H and O–H groups in total. The molecule has 1 aliphatic rings. The van der Waals surface area contributed by atoms with Gasteiger partial charge in [-0.1, -0.05) is 36.8 Å². The van der Waals surface area contributed by atoms with Crippen LogP contribution in [0.15, 0.2) is 66.2 Å². The first-order valence-corrected chi connectivity index (χ1v) is 13.7. The number of imide groups is 2. The van der Waals surface area contributed by atoms with Gasteiger partial charge in [0.05, 0.1) is 22.5 Å². The third-order valence-electron chi connectivity index (χ3n) is 5.78. The second kappa shape index (κ2) is 12.8. The van der Waals surface area contributed by atoms with Crippen molar-refractivity contribution in [1.29, 1.82) is 0 Å². The number of ether oxygens (including phenoxy) is 3. The van der Waals surface area contributed by atoms with Gasteiger partial charge in [-0.3, -0.25) is 14.9 Å². The summed E-state index contributed by atoms with van der Waals surface area (Å²) in [5.74, 6) is 0.196. The van der Waals surface area contributed by atoms with Crippen molar-refractivity contribution in [2.75, 3.05) is 18.1 Å². The number of carbonyl (C=O) groups excluding carboxylic acids is 3. The van der Waals surface area contributed by atoms with Crippen molar-refractivity contribution in [2.45, 2.75) is 33.8 Å². The lowest BCUT2D eigenvalue weighted by molar-refractivity contribution is -0.122. The molecule has 1 saturated heterocycles. The second-order valence-electron chi connectivity index (χ2n) is 8.84. The summed E-state index contributed by atoms with van der Waals surface area (Å²) in [5, 5.41) is 2.26. The van der Waals surface area contributed by atoms with E-state index in [1.54, 1.807) is 36.4 Å². The maximum absolute atomic E-state index is 13.3. The van der Waals surface area contributed by atoms with Crippen LogP contribution in [0.25, 0.3) is 6.08 Å². The van der Waals surface area contributed by atoms with Gasteiger partial charge in [0.2, 0.25) is 0 Å². The lowest BCUT2D eigenvalue weighted by Gasteiger charge is -2.26. The van der Waals surface area contributed by atoms with Gasteiger partial charge in [0.1, 0.15) is 17.9 Å². The molecule has 1 aliphatic heterocycles. The number of amides is 4. The highest BCUT2D eigenvalue weighted by molar-refractivity contribution is 14.1. The molecule has 0 unspecified atom stereocenters.